The van der Waals surface area contributed by atoms with Crippen molar-refractivity contribution >= 4 is 27.6 Å². The maximum Gasteiger partial charge on any atom is 0.251 e. The number of nitrogens with zero attached hydrogens (tertiary/aromatic N) is 3. The Kier molecular flexibility index (Phi) is 10.0. The first kappa shape index (κ1) is 30.5. The highest BCUT2D eigenvalue weighted by Gasteiger charge is 2.34. The number of para-hydroxylation sites is 1. The molecule has 1 fully saturated rings. The topological polar surface area (TPSA) is 172 Å². The van der Waals surface area contributed by atoms with Crippen LogP contribution in [0.1, 0.15) is 51.5 Å². The molecule has 1 atom stereocenters. The van der Waals surface area contributed by atoms with Gasteiger partial charge in [0.1, 0.15) is 10.9 Å². The molecule has 12 nitrogen and oxygen atoms in total. The highest BCUT2D eigenvalue weighted by Crippen LogP contribution is 2.36. The maximum absolute atomic E-state index is 13.6. The van der Waals surface area contributed by atoms with E-state index in [1.807, 2.05) is 6.07 Å². The number of carbonyl (C=O) groups is 1. The number of nitrogens with one attached hydrogen (secondary N) is 3. The molecule has 0 aliphatic carbocycles. The summed E-state index contributed by atoms with van der Waals surface area (Å²) in [6, 6.07) is 3.88. The summed E-state index contributed by atoms with van der Waals surface area (Å²) < 4.78 is 55.3. The lowest BCUT2D eigenvalue weighted by molar-refractivity contribution is -0.525. The van der Waals surface area contributed by atoms with Crippen LogP contribution in [-0.4, -0.2) is 68.9 Å². The molecule has 2 heterocycles. The number of piperidine rings is 1. The molecule has 39 heavy (non-hydrogen) atoms. The minimum absolute atomic E-state index is 0.0199. The first-order valence-electron chi connectivity index (χ1n) is 12.9. The van der Waals surface area contributed by atoms with Gasteiger partial charge in [0.2, 0.25) is 22.4 Å². The Balaban J connectivity index is 1.77. The number of aliphatic imine (C=N–C) groups is 1. The fourth-order valence-corrected chi connectivity index (χ4v) is 6.47. The van der Waals surface area contributed by atoms with Crippen LogP contribution < -0.4 is 21.2 Å². The predicted molar refractivity (Wildman–Crippen MR) is 142 cm³/mol. The van der Waals surface area contributed by atoms with Gasteiger partial charge in [0.15, 0.2) is 5.03 Å². The molecule has 0 saturated carbocycles. The second-order valence-corrected chi connectivity index (χ2v) is 12.5. The first-order chi connectivity index (χ1) is 18.3. The zero-order chi connectivity index (χ0) is 28.8. The molecular weight excluding hydrogens is 536 g/mol. The molecule has 0 bridgehead atoms. The van der Waals surface area contributed by atoms with E-state index in [0.29, 0.717) is 31.5 Å². The van der Waals surface area contributed by atoms with Gasteiger partial charge in [-0.05, 0) is 55.1 Å². The van der Waals surface area contributed by atoms with E-state index >= 15 is 0 Å². The van der Waals surface area contributed by atoms with Crippen molar-refractivity contribution in [1.29, 1.82) is 0 Å². The first-order valence-corrected chi connectivity index (χ1v) is 14.4. The molecular formula is C24H37F2N7O5S. The van der Waals surface area contributed by atoms with E-state index in [0.717, 1.165) is 5.56 Å². The van der Waals surface area contributed by atoms with Crippen molar-refractivity contribution in [2.24, 2.45) is 22.1 Å². The fraction of sp³-hybridized carbons (Fsp3) is 0.667. The van der Waals surface area contributed by atoms with Crippen LogP contribution in [0.2, 0.25) is 0 Å². The van der Waals surface area contributed by atoms with Gasteiger partial charge in [-0.25, -0.2) is 32.3 Å². The van der Waals surface area contributed by atoms with Gasteiger partial charge in [-0.1, -0.05) is 31.4 Å². The van der Waals surface area contributed by atoms with Crippen LogP contribution in [0.4, 0.5) is 14.5 Å². The average Bonchev–Trinajstić information content (AvgIpc) is 2.84. The highest BCUT2D eigenvalue weighted by atomic mass is 32.2. The highest BCUT2D eigenvalue weighted by molar-refractivity contribution is 7.89. The number of anilines is 1. The number of halogens is 2. The Morgan fingerprint density at radius 1 is 1.33 bits per heavy atom. The Morgan fingerprint density at radius 2 is 2.03 bits per heavy atom. The van der Waals surface area contributed by atoms with Crippen LogP contribution in [0.3, 0.4) is 0 Å². The average molecular weight is 574 g/mol. The summed E-state index contributed by atoms with van der Waals surface area (Å²) in [7, 11) is -4.14. The number of nitro groups is 1. The van der Waals surface area contributed by atoms with Crippen molar-refractivity contribution in [3.05, 3.63) is 33.9 Å². The lowest BCUT2D eigenvalue weighted by atomic mass is 9.82. The van der Waals surface area contributed by atoms with Gasteiger partial charge >= 0.3 is 0 Å². The molecule has 218 valence electrons. The molecule has 2 aliphatic heterocycles. The predicted octanol–water partition coefficient (Wildman–Crippen LogP) is 2.10. The number of hydrogen-bond acceptors (Lipinski definition) is 7. The molecule has 1 aromatic carbocycles. The van der Waals surface area contributed by atoms with Gasteiger partial charge in [-0.3, -0.25) is 4.79 Å². The molecule has 5 N–H and O–H groups in total. The van der Waals surface area contributed by atoms with Gasteiger partial charge in [-0.2, -0.15) is 4.72 Å². The number of carbonyl (C=O) groups excluding carboxylic acids is 1. The molecule has 0 aromatic heterocycles. The van der Waals surface area contributed by atoms with Gasteiger partial charge in [0.05, 0.1) is 5.69 Å². The van der Waals surface area contributed by atoms with E-state index in [1.165, 1.54) is 11.0 Å². The number of rotatable bonds is 11. The largest absolute Gasteiger partial charge is 0.383 e. The third kappa shape index (κ3) is 8.71. The zero-order valence-corrected chi connectivity index (χ0v) is 23.0. The summed E-state index contributed by atoms with van der Waals surface area (Å²) in [5.41, 5.74) is 8.46. The standard InChI is InChI=1S/C24H37F2N7O5S/c1-24(2)14-17-5-3-7-19(21(17)29-15-24)39(37,38)31-18(6-4-10-28-23(27)30-33(35)36)22(34)32-11-8-16(9-12-32)13-20(25)26/h3,5,7,16,18,20,29,31H,4,6,8-15H2,1-2H3,(H3,27,28,30)/t18-/m0/s1. The van der Waals surface area contributed by atoms with Crippen LogP contribution in [0.5, 0.6) is 0 Å². The van der Waals surface area contributed by atoms with Gasteiger partial charge in [0.25, 0.3) is 5.96 Å². The van der Waals surface area contributed by atoms with E-state index in [-0.39, 0.29) is 55.1 Å². The second kappa shape index (κ2) is 12.9. The van der Waals surface area contributed by atoms with Gasteiger partial charge in [0, 0.05) is 32.6 Å². The second-order valence-electron chi connectivity index (χ2n) is 10.8. The van der Waals surface area contributed by atoms with Crippen LogP contribution >= 0.6 is 0 Å². The lowest BCUT2D eigenvalue weighted by Crippen LogP contribution is -2.51. The van der Waals surface area contributed by atoms with Crippen molar-refractivity contribution < 1.29 is 27.0 Å². The molecule has 0 spiro atoms. The summed E-state index contributed by atoms with van der Waals surface area (Å²) in [6.07, 6.45) is -0.861. The normalized spacial score (nSPS) is 18.8. The number of alkyl halides is 2. The van der Waals surface area contributed by atoms with E-state index in [1.54, 1.807) is 11.5 Å². The number of benzene rings is 1. The summed E-state index contributed by atoms with van der Waals surface area (Å²) in [5, 5.41) is 12.9. The number of amides is 1. The minimum atomic E-state index is -4.14. The molecule has 3 rings (SSSR count). The quantitative estimate of drug-likeness (QED) is 0.102. The monoisotopic (exact) mass is 573 g/mol. The SMILES string of the molecule is CC1(C)CNc2c(cccc2S(=O)(=O)N[C@@H](CCCN=C(N)N[N+](=O)[O-])C(=O)N2CCC(CC(F)F)CC2)C1. The molecule has 1 amide bonds. The van der Waals surface area contributed by atoms with Gasteiger partial charge < -0.3 is 16.0 Å². The van der Waals surface area contributed by atoms with Crippen molar-refractivity contribution in [3.63, 3.8) is 0 Å². The third-order valence-electron chi connectivity index (χ3n) is 6.99. The Hall–Kier alpha value is -3.07. The van der Waals surface area contributed by atoms with Crippen LogP contribution in [0.15, 0.2) is 28.1 Å². The van der Waals surface area contributed by atoms with Crippen molar-refractivity contribution in [1.82, 2.24) is 15.0 Å². The van der Waals surface area contributed by atoms with E-state index in [2.05, 4.69) is 28.9 Å². The number of fused-ring (bicyclic) bond motifs is 1. The molecule has 15 heteroatoms. The van der Waals surface area contributed by atoms with Crippen LogP contribution in [-0.2, 0) is 21.2 Å². The fourth-order valence-electron chi connectivity index (χ4n) is 5.02. The summed E-state index contributed by atoms with van der Waals surface area (Å²) >= 11 is 0. The molecule has 2 aliphatic rings. The van der Waals surface area contributed by atoms with E-state index in [4.69, 9.17) is 5.73 Å². The van der Waals surface area contributed by atoms with Crippen molar-refractivity contribution in [2.45, 2.75) is 69.7 Å². The molecule has 0 unspecified atom stereocenters. The number of hydrogen-bond donors (Lipinski definition) is 4. The van der Waals surface area contributed by atoms with Crippen LogP contribution in [0.25, 0.3) is 0 Å². The van der Waals surface area contributed by atoms with E-state index < -0.39 is 39.4 Å². The molecule has 1 saturated heterocycles. The molecule has 1 aromatic rings. The minimum Gasteiger partial charge on any atom is -0.383 e. The van der Waals surface area contributed by atoms with Crippen molar-refractivity contribution in [2.75, 3.05) is 31.5 Å². The smallest absolute Gasteiger partial charge is 0.251 e. The van der Waals surface area contributed by atoms with Gasteiger partial charge in [-0.15, -0.1) is 0 Å². The number of nitrogens with two attached hydrogens (primary N) is 1. The number of hydrazine groups is 1. The lowest BCUT2D eigenvalue weighted by Gasteiger charge is -2.35. The van der Waals surface area contributed by atoms with Crippen LogP contribution in [0, 0.1) is 21.4 Å². The number of guanidine groups is 1. The Labute approximate surface area is 227 Å². The Morgan fingerprint density at radius 3 is 2.67 bits per heavy atom. The maximum atomic E-state index is 13.6. The Bertz CT molecular complexity index is 1170. The number of sulfonamides is 1. The van der Waals surface area contributed by atoms with Crippen molar-refractivity contribution in [3.8, 4) is 0 Å². The summed E-state index contributed by atoms with van der Waals surface area (Å²) in [5.74, 6) is -1.05. The third-order valence-corrected chi connectivity index (χ3v) is 8.50. The number of likely N-dealkylation sites (tertiary alicyclic amines) is 1. The molecule has 0 radical (unpaired) electrons. The summed E-state index contributed by atoms with van der Waals surface area (Å²) in [6.45, 7) is 5.27. The zero-order valence-electron chi connectivity index (χ0n) is 22.2. The summed E-state index contributed by atoms with van der Waals surface area (Å²) in [4.78, 5) is 29.3. The van der Waals surface area contributed by atoms with E-state index in [9.17, 15) is 32.1 Å².